The van der Waals surface area contributed by atoms with Crippen molar-refractivity contribution >= 4 is 16.0 Å². The number of rotatable bonds is 11. The molecule has 1 atom stereocenters. The van der Waals surface area contributed by atoms with Crippen LogP contribution < -0.4 is 15.4 Å². The van der Waals surface area contributed by atoms with Crippen molar-refractivity contribution in [3.05, 3.63) is 0 Å². The third kappa shape index (κ3) is 11.8. The molecular weight excluding hydrogens is 300 g/mol. The Hall–Kier alpha value is -0.820. The molecule has 0 heterocycles. The van der Waals surface area contributed by atoms with Gasteiger partial charge in [0.05, 0.1) is 5.75 Å². The number of aliphatic imine (C=N–C) groups is 1. The van der Waals surface area contributed by atoms with Gasteiger partial charge in [-0.05, 0) is 46.0 Å². The Morgan fingerprint density at radius 2 is 1.82 bits per heavy atom. The maximum absolute atomic E-state index is 11.3. The van der Waals surface area contributed by atoms with Gasteiger partial charge in [-0.1, -0.05) is 13.8 Å². The van der Waals surface area contributed by atoms with Crippen LogP contribution in [0.1, 0.15) is 53.9 Å². The van der Waals surface area contributed by atoms with Gasteiger partial charge in [0.15, 0.2) is 5.96 Å². The topological polar surface area (TPSA) is 82.6 Å². The van der Waals surface area contributed by atoms with Gasteiger partial charge >= 0.3 is 0 Å². The predicted molar refractivity (Wildman–Crippen MR) is 94.7 cm³/mol. The molecule has 0 fully saturated rings. The highest BCUT2D eigenvalue weighted by molar-refractivity contribution is 7.89. The van der Waals surface area contributed by atoms with Gasteiger partial charge in [0, 0.05) is 25.7 Å². The van der Waals surface area contributed by atoms with Crippen molar-refractivity contribution in [2.75, 3.05) is 25.4 Å². The van der Waals surface area contributed by atoms with E-state index in [0.717, 1.165) is 18.9 Å². The molecule has 0 rings (SSSR count). The van der Waals surface area contributed by atoms with Crippen LogP contribution in [0.15, 0.2) is 4.99 Å². The minimum atomic E-state index is -3.09. The quantitative estimate of drug-likeness (QED) is 0.305. The van der Waals surface area contributed by atoms with Gasteiger partial charge in [-0.25, -0.2) is 13.1 Å². The summed E-state index contributed by atoms with van der Waals surface area (Å²) in [6.45, 7) is 12.1. The van der Waals surface area contributed by atoms with Crippen LogP contribution in [-0.2, 0) is 10.0 Å². The van der Waals surface area contributed by atoms with Gasteiger partial charge in [0.1, 0.15) is 0 Å². The van der Waals surface area contributed by atoms with Crippen LogP contribution in [0.25, 0.3) is 0 Å². The molecule has 3 N–H and O–H groups in total. The van der Waals surface area contributed by atoms with Gasteiger partial charge in [-0.2, -0.15) is 0 Å². The lowest BCUT2D eigenvalue weighted by atomic mass is 10.0. The van der Waals surface area contributed by atoms with Gasteiger partial charge in [-0.3, -0.25) is 4.99 Å². The van der Waals surface area contributed by atoms with Gasteiger partial charge in [-0.15, -0.1) is 0 Å². The van der Waals surface area contributed by atoms with Crippen LogP contribution in [-0.4, -0.2) is 45.8 Å². The Morgan fingerprint density at radius 1 is 1.14 bits per heavy atom. The first-order chi connectivity index (χ1) is 10.3. The number of hydrogen-bond acceptors (Lipinski definition) is 3. The van der Waals surface area contributed by atoms with E-state index in [1.807, 2.05) is 6.92 Å². The van der Waals surface area contributed by atoms with E-state index in [2.05, 4.69) is 41.1 Å². The molecule has 0 amide bonds. The van der Waals surface area contributed by atoms with Crippen LogP contribution in [0.3, 0.4) is 0 Å². The monoisotopic (exact) mass is 334 g/mol. The summed E-state index contributed by atoms with van der Waals surface area (Å²) in [6, 6.07) is 0.374. The molecular formula is C15H34N4O2S. The second-order valence-electron chi connectivity index (χ2n) is 5.93. The van der Waals surface area contributed by atoms with Crippen molar-refractivity contribution in [3.8, 4) is 0 Å². The normalized spacial score (nSPS) is 14.2. The standard InChI is InChI=1S/C15H34N4O2S/c1-6-16-15(19-14(5)10-9-13(3)4)17-11-8-12-18-22(20,21)7-2/h13-14,18H,6-12H2,1-5H3,(H2,16,17,19). The van der Waals surface area contributed by atoms with E-state index in [4.69, 9.17) is 0 Å². The van der Waals surface area contributed by atoms with Crippen molar-refractivity contribution in [2.45, 2.75) is 59.9 Å². The number of nitrogens with one attached hydrogen (secondary N) is 3. The number of guanidine groups is 1. The van der Waals surface area contributed by atoms with Crippen LogP contribution in [0, 0.1) is 5.92 Å². The summed E-state index contributed by atoms with van der Waals surface area (Å²) in [5.74, 6) is 1.63. The highest BCUT2D eigenvalue weighted by Gasteiger charge is 2.07. The Labute approximate surface area is 136 Å². The predicted octanol–water partition coefficient (Wildman–Crippen LogP) is 1.70. The molecule has 0 aromatic carbocycles. The van der Waals surface area contributed by atoms with E-state index >= 15 is 0 Å². The molecule has 0 aromatic rings. The van der Waals surface area contributed by atoms with Crippen LogP contribution in [0.5, 0.6) is 0 Å². The third-order valence-electron chi connectivity index (χ3n) is 3.21. The van der Waals surface area contributed by atoms with E-state index in [1.165, 1.54) is 6.42 Å². The van der Waals surface area contributed by atoms with E-state index < -0.39 is 10.0 Å². The largest absolute Gasteiger partial charge is 0.357 e. The Kier molecular flexibility index (Phi) is 11.3. The molecule has 1 unspecified atom stereocenters. The minimum absolute atomic E-state index is 0.119. The smallest absolute Gasteiger partial charge is 0.211 e. The van der Waals surface area contributed by atoms with E-state index in [0.29, 0.717) is 31.5 Å². The van der Waals surface area contributed by atoms with E-state index in [1.54, 1.807) is 6.92 Å². The van der Waals surface area contributed by atoms with Crippen molar-refractivity contribution < 1.29 is 8.42 Å². The zero-order valence-corrected chi connectivity index (χ0v) is 15.6. The molecule has 22 heavy (non-hydrogen) atoms. The Bertz CT molecular complexity index is 408. The molecule has 0 saturated carbocycles. The molecule has 0 saturated heterocycles. The van der Waals surface area contributed by atoms with Crippen molar-refractivity contribution in [1.82, 2.24) is 15.4 Å². The van der Waals surface area contributed by atoms with Gasteiger partial charge in [0.2, 0.25) is 10.0 Å². The van der Waals surface area contributed by atoms with Crippen LogP contribution >= 0.6 is 0 Å². The lowest BCUT2D eigenvalue weighted by molar-refractivity contribution is 0.489. The lowest BCUT2D eigenvalue weighted by Crippen LogP contribution is -2.42. The minimum Gasteiger partial charge on any atom is -0.357 e. The molecule has 0 aliphatic carbocycles. The zero-order valence-electron chi connectivity index (χ0n) is 14.8. The average molecular weight is 335 g/mol. The summed E-state index contributed by atoms with van der Waals surface area (Å²) >= 11 is 0. The average Bonchev–Trinajstić information content (AvgIpc) is 2.44. The Balaban J connectivity index is 4.14. The molecule has 7 heteroatoms. The van der Waals surface area contributed by atoms with E-state index in [-0.39, 0.29) is 5.75 Å². The summed E-state index contributed by atoms with van der Waals surface area (Å²) in [4.78, 5) is 4.49. The SMILES string of the molecule is CCNC(=NCCCNS(=O)(=O)CC)NC(C)CCC(C)C. The fourth-order valence-corrected chi connectivity index (χ4v) is 2.47. The first kappa shape index (κ1) is 21.2. The van der Waals surface area contributed by atoms with Crippen molar-refractivity contribution in [1.29, 1.82) is 0 Å². The molecule has 0 aliphatic heterocycles. The summed E-state index contributed by atoms with van der Waals surface area (Å²) in [5.41, 5.74) is 0. The fraction of sp³-hybridized carbons (Fsp3) is 0.933. The van der Waals surface area contributed by atoms with Crippen molar-refractivity contribution in [3.63, 3.8) is 0 Å². The second kappa shape index (κ2) is 11.7. The first-order valence-corrected chi connectivity index (χ1v) is 9.98. The summed E-state index contributed by atoms with van der Waals surface area (Å²) < 4.78 is 25.1. The number of hydrogen-bond donors (Lipinski definition) is 3. The van der Waals surface area contributed by atoms with Crippen LogP contribution in [0.2, 0.25) is 0 Å². The maximum atomic E-state index is 11.3. The molecule has 6 nitrogen and oxygen atoms in total. The Morgan fingerprint density at radius 3 is 2.36 bits per heavy atom. The molecule has 0 spiro atoms. The van der Waals surface area contributed by atoms with Gasteiger partial charge < -0.3 is 10.6 Å². The third-order valence-corrected chi connectivity index (χ3v) is 4.62. The molecule has 0 aliphatic rings. The second-order valence-corrected chi connectivity index (χ2v) is 8.02. The summed E-state index contributed by atoms with van der Waals surface area (Å²) in [5, 5.41) is 6.61. The highest BCUT2D eigenvalue weighted by Crippen LogP contribution is 2.06. The maximum Gasteiger partial charge on any atom is 0.211 e. The molecule has 0 bridgehead atoms. The molecule has 0 radical (unpaired) electrons. The van der Waals surface area contributed by atoms with Gasteiger partial charge in [0.25, 0.3) is 0 Å². The highest BCUT2D eigenvalue weighted by atomic mass is 32.2. The van der Waals surface area contributed by atoms with Crippen LogP contribution in [0.4, 0.5) is 0 Å². The summed E-state index contributed by atoms with van der Waals surface area (Å²) in [7, 11) is -3.09. The molecule has 132 valence electrons. The number of nitrogens with zero attached hydrogens (tertiary/aromatic N) is 1. The number of sulfonamides is 1. The lowest BCUT2D eigenvalue weighted by Gasteiger charge is -2.18. The zero-order chi connectivity index (χ0) is 17.0. The fourth-order valence-electron chi connectivity index (χ4n) is 1.81. The first-order valence-electron chi connectivity index (χ1n) is 8.32. The van der Waals surface area contributed by atoms with E-state index in [9.17, 15) is 8.42 Å². The molecule has 0 aromatic heterocycles. The van der Waals surface area contributed by atoms with Crippen molar-refractivity contribution in [2.24, 2.45) is 10.9 Å². The summed E-state index contributed by atoms with van der Waals surface area (Å²) in [6.07, 6.45) is 2.99.